The Labute approximate surface area is 186 Å². The molecule has 1 N–H and O–H groups in total. The van der Waals surface area contributed by atoms with Gasteiger partial charge in [-0.2, -0.15) is 5.10 Å². The summed E-state index contributed by atoms with van der Waals surface area (Å²) in [6.45, 7) is 6.39. The van der Waals surface area contributed by atoms with E-state index in [0.717, 1.165) is 26.3 Å². The van der Waals surface area contributed by atoms with Gasteiger partial charge in [-0.05, 0) is 40.8 Å². The summed E-state index contributed by atoms with van der Waals surface area (Å²) in [6, 6.07) is 7.52. The quantitative estimate of drug-likeness (QED) is 0.324. The van der Waals surface area contributed by atoms with Crippen LogP contribution in [-0.2, 0) is 11.8 Å². The van der Waals surface area contributed by atoms with Crippen LogP contribution in [0.5, 0.6) is 0 Å². The normalized spacial score (nSPS) is 16.8. The zero-order valence-electron chi connectivity index (χ0n) is 16.8. The predicted octanol–water partition coefficient (Wildman–Crippen LogP) is 3.13. The first kappa shape index (κ1) is 19.2. The van der Waals surface area contributed by atoms with Crippen molar-refractivity contribution < 1.29 is 9.21 Å². The van der Waals surface area contributed by atoms with E-state index in [0.29, 0.717) is 18.9 Å². The Kier molecular flexibility index (Phi) is 4.42. The van der Waals surface area contributed by atoms with Crippen LogP contribution in [0.15, 0.2) is 35.0 Å². The molecule has 0 unspecified atom stereocenters. The SMILES string of the molecule is CC(C)(C)c1nnc(C(=O)N2CCc3[nH]cnc3[C@@H]2c2cc3cccc(I)n3n2)o1. The lowest BCUT2D eigenvalue weighted by Gasteiger charge is -2.32. The van der Waals surface area contributed by atoms with Crippen molar-refractivity contribution in [1.82, 2.24) is 34.7 Å². The summed E-state index contributed by atoms with van der Waals surface area (Å²) in [5.74, 6) is 0.104. The van der Waals surface area contributed by atoms with Crippen LogP contribution < -0.4 is 0 Å². The number of imidazole rings is 1. The molecule has 0 radical (unpaired) electrons. The fourth-order valence-corrected chi connectivity index (χ4v) is 4.26. The zero-order chi connectivity index (χ0) is 21.0. The molecule has 1 aliphatic rings. The molecule has 0 aliphatic carbocycles. The molecule has 4 aromatic heterocycles. The Balaban J connectivity index is 1.59. The molecule has 0 spiro atoms. The van der Waals surface area contributed by atoms with Gasteiger partial charge < -0.3 is 14.3 Å². The second-order valence-corrected chi connectivity index (χ2v) is 9.44. The molecule has 154 valence electrons. The Morgan fingerprint density at radius 2 is 2.13 bits per heavy atom. The molecule has 0 aromatic carbocycles. The minimum absolute atomic E-state index is 0.0118. The Morgan fingerprint density at radius 1 is 1.30 bits per heavy atom. The lowest BCUT2D eigenvalue weighted by Crippen LogP contribution is -2.41. The molecule has 0 saturated heterocycles. The lowest BCUT2D eigenvalue weighted by molar-refractivity contribution is 0.0642. The largest absolute Gasteiger partial charge is 0.416 e. The first-order valence-electron chi connectivity index (χ1n) is 9.64. The molecule has 5 rings (SSSR count). The van der Waals surface area contributed by atoms with Crippen LogP contribution in [0.2, 0.25) is 0 Å². The van der Waals surface area contributed by atoms with E-state index in [4.69, 9.17) is 9.52 Å². The van der Waals surface area contributed by atoms with Crippen molar-refractivity contribution in [2.45, 2.75) is 38.6 Å². The van der Waals surface area contributed by atoms with Crippen LogP contribution in [0, 0.1) is 3.70 Å². The third kappa shape index (κ3) is 3.09. The number of rotatable bonds is 2. The summed E-state index contributed by atoms with van der Waals surface area (Å²) in [5.41, 5.74) is 3.18. The van der Waals surface area contributed by atoms with E-state index >= 15 is 0 Å². The molecule has 30 heavy (non-hydrogen) atoms. The number of carbonyl (C=O) groups is 1. The van der Waals surface area contributed by atoms with Crippen LogP contribution in [0.3, 0.4) is 0 Å². The number of nitrogens with zero attached hydrogens (tertiary/aromatic N) is 6. The summed E-state index contributed by atoms with van der Waals surface area (Å²) in [6.07, 6.45) is 2.33. The first-order chi connectivity index (χ1) is 14.3. The van der Waals surface area contributed by atoms with Gasteiger partial charge in [0.1, 0.15) is 9.74 Å². The molecule has 0 fully saturated rings. The highest BCUT2D eigenvalue weighted by atomic mass is 127. The molecule has 10 heteroatoms. The fourth-order valence-electron chi connectivity index (χ4n) is 3.67. The second kappa shape index (κ2) is 6.89. The van der Waals surface area contributed by atoms with E-state index < -0.39 is 6.04 Å². The van der Waals surface area contributed by atoms with E-state index in [1.807, 2.05) is 49.6 Å². The van der Waals surface area contributed by atoms with Gasteiger partial charge >= 0.3 is 11.8 Å². The minimum Gasteiger partial charge on any atom is -0.416 e. The average molecular weight is 517 g/mol. The maximum Gasteiger partial charge on any atom is 0.312 e. The number of halogens is 1. The van der Waals surface area contributed by atoms with Gasteiger partial charge in [0, 0.05) is 24.1 Å². The topological polar surface area (TPSA) is 105 Å². The number of H-pyrrole nitrogens is 1. The van der Waals surface area contributed by atoms with Gasteiger partial charge in [-0.25, -0.2) is 9.50 Å². The van der Waals surface area contributed by atoms with E-state index in [1.165, 1.54) is 0 Å². The number of fused-ring (bicyclic) bond motifs is 2. The van der Waals surface area contributed by atoms with Crippen molar-refractivity contribution in [3.63, 3.8) is 0 Å². The molecule has 5 heterocycles. The maximum absolute atomic E-state index is 13.4. The van der Waals surface area contributed by atoms with Gasteiger partial charge in [-0.15, -0.1) is 10.2 Å². The van der Waals surface area contributed by atoms with E-state index in [-0.39, 0.29) is 17.2 Å². The van der Waals surface area contributed by atoms with Gasteiger partial charge in [-0.3, -0.25) is 4.79 Å². The van der Waals surface area contributed by atoms with Crippen LogP contribution in [-0.4, -0.2) is 47.1 Å². The zero-order valence-corrected chi connectivity index (χ0v) is 18.9. The highest BCUT2D eigenvalue weighted by Crippen LogP contribution is 2.34. The van der Waals surface area contributed by atoms with Crippen LogP contribution >= 0.6 is 22.6 Å². The van der Waals surface area contributed by atoms with Gasteiger partial charge in [-0.1, -0.05) is 26.8 Å². The average Bonchev–Trinajstić information content (AvgIpc) is 3.44. The number of pyridine rings is 1. The fraction of sp³-hybridized carbons (Fsp3) is 0.350. The molecule has 1 aliphatic heterocycles. The predicted molar refractivity (Wildman–Crippen MR) is 116 cm³/mol. The number of hydrogen-bond acceptors (Lipinski definition) is 6. The van der Waals surface area contributed by atoms with Crippen molar-refractivity contribution in [3.05, 3.63) is 63.2 Å². The highest BCUT2D eigenvalue weighted by molar-refractivity contribution is 14.1. The highest BCUT2D eigenvalue weighted by Gasteiger charge is 2.38. The molecule has 0 saturated carbocycles. The van der Waals surface area contributed by atoms with Crippen molar-refractivity contribution in [2.24, 2.45) is 0 Å². The summed E-state index contributed by atoms with van der Waals surface area (Å²) in [7, 11) is 0. The number of aromatic nitrogens is 6. The second-order valence-electron chi connectivity index (χ2n) is 8.33. The number of aromatic amines is 1. The lowest BCUT2D eigenvalue weighted by atomic mass is 9.97. The van der Waals surface area contributed by atoms with Crippen molar-refractivity contribution in [3.8, 4) is 0 Å². The minimum atomic E-state index is -0.437. The Bertz CT molecular complexity index is 1250. The molecular weight excluding hydrogens is 497 g/mol. The molecule has 9 nitrogen and oxygen atoms in total. The third-order valence-corrected chi connectivity index (χ3v) is 5.99. The van der Waals surface area contributed by atoms with Crippen LogP contribution in [0.1, 0.15) is 60.5 Å². The summed E-state index contributed by atoms with van der Waals surface area (Å²) < 4.78 is 8.58. The number of amides is 1. The van der Waals surface area contributed by atoms with Crippen LogP contribution in [0.25, 0.3) is 5.52 Å². The number of nitrogens with one attached hydrogen (secondary N) is 1. The molecular formula is C20H20IN7O2. The third-order valence-electron chi connectivity index (χ3n) is 5.17. The van der Waals surface area contributed by atoms with Gasteiger partial charge in [0.05, 0.1) is 23.2 Å². The van der Waals surface area contributed by atoms with Crippen LogP contribution in [0.4, 0.5) is 0 Å². The monoisotopic (exact) mass is 517 g/mol. The summed E-state index contributed by atoms with van der Waals surface area (Å²) in [5, 5.41) is 12.9. The summed E-state index contributed by atoms with van der Waals surface area (Å²) in [4.78, 5) is 22.8. The molecule has 4 aromatic rings. The number of carbonyl (C=O) groups excluding carboxylic acids is 1. The Hall–Kier alpha value is -2.76. The van der Waals surface area contributed by atoms with Crippen molar-refractivity contribution >= 4 is 34.0 Å². The Morgan fingerprint density at radius 3 is 2.87 bits per heavy atom. The smallest absolute Gasteiger partial charge is 0.312 e. The first-order valence-corrected chi connectivity index (χ1v) is 10.7. The molecule has 1 amide bonds. The number of hydrogen-bond donors (Lipinski definition) is 1. The van der Waals surface area contributed by atoms with E-state index in [1.54, 1.807) is 11.2 Å². The van der Waals surface area contributed by atoms with Crippen molar-refractivity contribution in [2.75, 3.05) is 6.54 Å². The summed E-state index contributed by atoms with van der Waals surface area (Å²) >= 11 is 2.24. The molecule has 0 bridgehead atoms. The van der Waals surface area contributed by atoms with Gasteiger partial charge in [0.2, 0.25) is 5.89 Å². The van der Waals surface area contributed by atoms with Gasteiger partial charge in [0.15, 0.2) is 0 Å². The molecule has 1 atom stereocenters. The van der Waals surface area contributed by atoms with E-state index in [2.05, 4.69) is 42.8 Å². The van der Waals surface area contributed by atoms with Gasteiger partial charge in [0.25, 0.3) is 0 Å². The standard InChI is InChI=1S/C20H20IN7O2/c1-20(2,3)19-25-24-17(30-19)18(29)27-8-7-12-15(23-10-22-12)16(27)13-9-11-5-4-6-14(21)28(11)26-13/h4-6,9-10,16H,7-8H2,1-3H3,(H,22,23)/t16-/m0/s1. The van der Waals surface area contributed by atoms with Crippen molar-refractivity contribution in [1.29, 1.82) is 0 Å². The van der Waals surface area contributed by atoms with E-state index in [9.17, 15) is 4.79 Å². The maximum atomic E-state index is 13.4.